The van der Waals surface area contributed by atoms with Crippen LogP contribution in [-0.4, -0.2) is 29.4 Å². The molecule has 0 radical (unpaired) electrons. The largest absolute Gasteiger partial charge is 0.467 e. The fourth-order valence-electron chi connectivity index (χ4n) is 3.55. The molecular weight excluding hydrogens is 396 g/mol. The number of nitrogens with one attached hydrogen (secondary N) is 3. The Bertz CT molecular complexity index is 1070. The Morgan fingerprint density at radius 1 is 1.03 bits per heavy atom. The van der Waals surface area contributed by atoms with Crippen molar-refractivity contribution >= 4 is 17.8 Å². The van der Waals surface area contributed by atoms with Gasteiger partial charge in [0.05, 0.1) is 18.8 Å². The summed E-state index contributed by atoms with van der Waals surface area (Å²) in [7, 11) is 0. The number of amides is 4. The summed E-state index contributed by atoms with van der Waals surface area (Å²) in [6, 6.07) is 20.9. The van der Waals surface area contributed by atoms with Crippen LogP contribution in [-0.2, 0) is 15.1 Å². The molecule has 0 bridgehead atoms. The molecule has 2 aromatic carbocycles. The van der Waals surface area contributed by atoms with Gasteiger partial charge < -0.3 is 9.73 Å². The van der Waals surface area contributed by atoms with Gasteiger partial charge in [0.15, 0.2) is 0 Å². The van der Waals surface area contributed by atoms with Gasteiger partial charge in [0, 0.05) is 0 Å². The van der Waals surface area contributed by atoms with Crippen molar-refractivity contribution in [3.8, 4) is 0 Å². The zero-order valence-corrected chi connectivity index (χ0v) is 16.9. The van der Waals surface area contributed by atoms with E-state index in [1.807, 2.05) is 42.5 Å². The summed E-state index contributed by atoms with van der Waals surface area (Å²) in [5, 5.41) is 6.49. The number of carbonyl (C=O) groups excluding carboxylic acids is 3. The van der Waals surface area contributed by atoms with Crippen molar-refractivity contribution in [2.45, 2.75) is 18.5 Å². The standard InChI is InChI=1S/C23H22N4O4/c1-23(17-11-6-3-7-12-17)21(29)27(22(30)25-23)26-19(28)15-24-20(18-13-8-14-31-18)16-9-4-2-5-10-16/h2-14,20,24H,15H2,1H3,(H,25,30)(H,26,28)/t20-,23-/m1/s1. The predicted molar refractivity (Wildman–Crippen MR) is 112 cm³/mol. The molecule has 158 valence electrons. The number of urea groups is 1. The molecule has 8 heteroatoms. The summed E-state index contributed by atoms with van der Waals surface area (Å²) in [5.41, 5.74) is 2.69. The Morgan fingerprint density at radius 3 is 2.35 bits per heavy atom. The number of nitrogens with zero attached hydrogens (tertiary/aromatic N) is 1. The molecule has 2 atom stereocenters. The van der Waals surface area contributed by atoms with Gasteiger partial charge >= 0.3 is 6.03 Å². The van der Waals surface area contributed by atoms with Crippen molar-refractivity contribution in [3.63, 3.8) is 0 Å². The fourth-order valence-corrected chi connectivity index (χ4v) is 3.55. The SMILES string of the molecule is C[C@]1(c2ccccc2)NC(=O)N(NC(=O)CN[C@H](c2ccccc2)c2ccco2)C1=O. The van der Waals surface area contributed by atoms with E-state index in [0.29, 0.717) is 11.3 Å². The number of hydrogen-bond acceptors (Lipinski definition) is 5. The quantitative estimate of drug-likeness (QED) is 0.512. The molecule has 0 spiro atoms. The molecule has 2 heterocycles. The number of carbonyl (C=O) groups is 3. The van der Waals surface area contributed by atoms with Gasteiger partial charge in [-0.25, -0.2) is 4.79 Å². The van der Waals surface area contributed by atoms with Crippen molar-refractivity contribution in [1.29, 1.82) is 0 Å². The molecule has 0 aliphatic carbocycles. The van der Waals surface area contributed by atoms with Crippen molar-refractivity contribution in [3.05, 3.63) is 95.9 Å². The molecule has 1 fully saturated rings. The number of benzene rings is 2. The van der Waals surface area contributed by atoms with Gasteiger partial charge in [-0.15, -0.1) is 0 Å². The zero-order valence-electron chi connectivity index (χ0n) is 16.9. The first-order valence-electron chi connectivity index (χ1n) is 9.82. The van der Waals surface area contributed by atoms with Crippen molar-refractivity contribution in [2.24, 2.45) is 0 Å². The summed E-state index contributed by atoms with van der Waals surface area (Å²) >= 11 is 0. The van der Waals surface area contributed by atoms with Gasteiger partial charge in [0.25, 0.3) is 11.8 Å². The molecule has 0 unspecified atom stereocenters. The second-order valence-corrected chi connectivity index (χ2v) is 7.34. The molecule has 4 amide bonds. The molecule has 1 aromatic heterocycles. The van der Waals surface area contributed by atoms with Crippen molar-refractivity contribution in [1.82, 2.24) is 21.1 Å². The van der Waals surface area contributed by atoms with Gasteiger partial charge in [-0.3, -0.25) is 20.3 Å². The van der Waals surface area contributed by atoms with E-state index in [9.17, 15) is 14.4 Å². The summed E-state index contributed by atoms with van der Waals surface area (Å²) in [5.74, 6) is -0.443. The van der Waals surface area contributed by atoms with Gasteiger partial charge in [0.2, 0.25) is 0 Å². The Hall–Kier alpha value is -3.91. The lowest BCUT2D eigenvalue weighted by atomic mass is 9.92. The van der Waals surface area contributed by atoms with E-state index in [2.05, 4.69) is 16.1 Å². The average Bonchev–Trinajstić information content (AvgIpc) is 3.39. The Labute approximate surface area is 179 Å². The molecule has 1 aliphatic rings. The first-order valence-corrected chi connectivity index (χ1v) is 9.82. The molecule has 0 saturated carbocycles. The van der Waals surface area contributed by atoms with E-state index < -0.39 is 23.4 Å². The van der Waals surface area contributed by atoms with E-state index in [4.69, 9.17) is 4.42 Å². The average molecular weight is 418 g/mol. The molecule has 8 nitrogen and oxygen atoms in total. The lowest BCUT2D eigenvalue weighted by Crippen LogP contribution is -2.50. The highest BCUT2D eigenvalue weighted by molar-refractivity contribution is 6.08. The smallest absolute Gasteiger partial charge is 0.344 e. The summed E-state index contributed by atoms with van der Waals surface area (Å²) < 4.78 is 5.50. The van der Waals surface area contributed by atoms with Crippen LogP contribution < -0.4 is 16.1 Å². The van der Waals surface area contributed by atoms with Crippen LogP contribution in [0.1, 0.15) is 29.9 Å². The van der Waals surface area contributed by atoms with Crippen LogP contribution in [0.3, 0.4) is 0 Å². The maximum absolute atomic E-state index is 12.9. The monoisotopic (exact) mass is 418 g/mol. The van der Waals surface area contributed by atoms with Crippen LogP contribution in [0.25, 0.3) is 0 Å². The highest BCUT2D eigenvalue weighted by atomic mass is 16.3. The Balaban J connectivity index is 1.44. The number of imide groups is 1. The second-order valence-electron chi connectivity index (χ2n) is 7.34. The number of furan rings is 1. The first kappa shape index (κ1) is 20.4. The van der Waals surface area contributed by atoms with Crippen LogP contribution in [0.5, 0.6) is 0 Å². The molecule has 31 heavy (non-hydrogen) atoms. The maximum atomic E-state index is 12.9. The number of hydrazine groups is 1. The molecular formula is C23H22N4O4. The van der Waals surface area contributed by atoms with Crippen LogP contribution >= 0.6 is 0 Å². The van der Waals surface area contributed by atoms with Crippen molar-refractivity contribution in [2.75, 3.05) is 6.54 Å². The Morgan fingerprint density at radius 2 is 1.71 bits per heavy atom. The van der Waals surface area contributed by atoms with Crippen LogP contribution in [0.2, 0.25) is 0 Å². The number of rotatable bonds is 7. The van der Waals surface area contributed by atoms with E-state index in [0.717, 1.165) is 10.6 Å². The number of hydrogen-bond donors (Lipinski definition) is 3. The molecule has 3 aromatic rings. The lowest BCUT2D eigenvalue weighted by molar-refractivity contribution is -0.138. The minimum Gasteiger partial charge on any atom is -0.467 e. The van der Waals surface area contributed by atoms with E-state index in [1.54, 1.807) is 43.5 Å². The molecule has 1 saturated heterocycles. The summed E-state index contributed by atoms with van der Waals surface area (Å²) in [6.07, 6.45) is 1.56. The zero-order chi connectivity index (χ0) is 21.8. The Kier molecular flexibility index (Phi) is 5.55. The van der Waals surface area contributed by atoms with Gasteiger partial charge in [0.1, 0.15) is 11.3 Å². The maximum Gasteiger partial charge on any atom is 0.344 e. The third kappa shape index (κ3) is 4.06. The fraction of sp³-hybridized carbons (Fsp3) is 0.174. The summed E-state index contributed by atoms with van der Waals surface area (Å²) in [4.78, 5) is 37.9. The van der Waals surface area contributed by atoms with Gasteiger partial charge in [-0.05, 0) is 30.2 Å². The van der Waals surface area contributed by atoms with Gasteiger partial charge in [-0.2, -0.15) is 5.01 Å². The third-order valence-electron chi connectivity index (χ3n) is 5.21. The summed E-state index contributed by atoms with van der Waals surface area (Å²) in [6.45, 7) is 1.47. The first-order chi connectivity index (χ1) is 15.0. The van der Waals surface area contributed by atoms with Crippen LogP contribution in [0.4, 0.5) is 4.79 Å². The van der Waals surface area contributed by atoms with Gasteiger partial charge in [-0.1, -0.05) is 60.7 Å². The second kappa shape index (κ2) is 8.45. The topological polar surface area (TPSA) is 104 Å². The normalized spacial score (nSPS) is 19.2. The van der Waals surface area contributed by atoms with E-state index in [1.165, 1.54) is 0 Å². The third-order valence-corrected chi connectivity index (χ3v) is 5.21. The highest BCUT2D eigenvalue weighted by Crippen LogP contribution is 2.27. The van der Waals surface area contributed by atoms with Crippen LogP contribution in [0, 0.1) is 0 Å². The van der Waals surface area contributed by atoms with E-state index >= 15 is 0 Å². The lowest BCUT2D eigenvalue weighted by Gasteiger charge is -2.22. The van der Waals surface area contributed by atoms with Crippen LogP contribution in [0.15, 0.2) is 83.5 Å². The predicted octanol–water partition coefficient (Wildman–Crippen LogP) is 2.46. The molecule has 4 rings (SSSR count). The molecule has 1 aliphatic heterocycles. The van der Waals surface area contributed by atoms with E-state index in [-0.39, 0.29) is 12.6 Å². The van der Waals surface area contributed by atoms with Crippen molar-refractivity contribution < 1.29 is 18.8 Å². The highest BCUT2D eigenvalue weighted by Gasteiger charge is 2.49. The molecule has 3 N–H and O–H groups in total. The minimum absolute atomic E-state index is 0.140. The minimum atomic E-state index is -1.25.